The van der Waals surface area contributed by atoms with E-state index >= 15 is 0 Å². The van der Waals surface area contributed by atoms with E-state index in [0.29, 0.717) is 5.92 Å². The molecule has 0 N–H and O–H groups in total. The summed E-state index contributed by atoms with van der Waals surface area (Å²) < 4.78 is 1.91. The Morgan fingerprint density at radius 1 is 1.82 bits per heavy atom. The molecule has 1 heterocycles. The van der Waals surface area contributed by atoms with Crippen LogP contribution in [-0.4, -0.2) is 15.8 Å². The topological polar surface area (TPSA) is 34.9 Å². The molecule has 2 unspecified atom stereocenters. The van der Waals surface area contributed by atoms with Crippen molar-refractivity contribution in [3.63, 3.8) is 0 Å². The SMILES string of the molecule is Cn1cnc(C2CC2C=O)c1. The van der Waals surface area contributed by atoms with Gasteiger partial charge in [0.25, 0.3) is 0 Å². The second-order valence-corrected chi connectivity index (χ2v) is 3.11. The number of hydrogen-bond donors (Lipinski definition) is 0. The Balaban J connectivity index is 2.14. The molecule has 0 aliphatic heterocycles. The predicted molar refractivity (Wildman–Crippen MR) is 40.1 cm³/mol. The molecule has 0 aromatic carbocycles. The quantitative estimate of drug-likeness (QED) is 0.582. The molecule has 0 amide bonds. The van der Waals surface area contributed by atoms with Crippen molar-refractivity contribution in [2.24, 2.45) is 13.0 Å². The molecule has 0 saturated heterocycles. The van der Waals surface area contributed by atoms with E-state index < -0.39 is 0 Å². The number of nitrogens with zero attached hydrogens (tertiary/aromatic N) is 2. The first kappa shape index (κ1) is 6.58. The number of hydrogen-bond acceptors (Lipinski definition) is 2. The van der Waals surface area contributed by atoms with Gasteiger partial charge in [0, 0.05) is 25.1 Å². The Kier molecular flexibility index (Phi) is 1.31. The van der Waals surface area contributed by atoms with Crippen LogP contribution in [0.3, 0.4) is 0 Å². The van der Waals surface area contributed by atoms with Crippen molar-refractivity contribution in [2.75, 3.05) is 0 Å². The number of rotatable bonds is 2. The maximum absolute atomic E-state index is 10.3. The first-order valence-electron chi connectivity index (χ1n) is 3.74. The van der Waals surface area contributed by atoms with Gasteiger partial charge in [-0.15, -0.1) is 0 Å². The molecule has 1 saturated carbocycles. The van der Waals surface area contributed by atoms with Crippen LogP contribution in [0.25, 0.3) is 0 Å². The van der Waals surface area contributed by atoms with Gasteiger partial charge in [-0.3, -0.25) is 0 Å². The summed E-state index contributed by atoms with van der Waals surface area (Å²) in [5.41, 5.74) is 1.06. The van der Waals surface area contributed by atoms with Crippen LogP contribution in [0.2, 0.25) is 0 Å². The molecule has 2 atom stereocenters. The van der Waals surface area contributed by atoms with E-state index in [1.807, 2.05) is 17.8 Å². The van der Waals surface area contributed by atoms with Crippen molar-refractivity contribution in [2.45, 2.75) is 12.3 Å². The molecule has 0 radical (unpaired) electrons. The molecule has 0 spiro atoms. The molecule has 11 heavy (non-hydrogen) atoms. The van der Waals surface area contributed by atoms with Crippen LogP contribution in [0.15, 0.2) is 12.5 Å². The minimum absolute atomic E-state index is 0.241. The van der Waals surface area contributed by atoms with Gasteiger partial charge < -0.3 is 9.36 Å². The first-order valence-corrected chi connectivity index (χ1v) is 3.74. The average Bonchev–Trinajstić information content (AvgIpc) is 2.68. The monoisotopic (exact) mass is 150 g/mol. The van der Waals surface area contributed by atoms with Crippen molar-refractivity contribution in [1.82, 2.24) is 9.55 Å². The van der Waals surface area contributed by atoms with E-state index in [9.17, 15) is 4.79 Å². The molecule has 1 aromatic rings. The maximum atomic E-state index is 10.3. The molecule has 2 rings (SSSR count). The summed E-state index contributed by atoms with van der Waals surface area (Å²) in [7, 11) is 1.94. The zero-order chi connectivity index (χ0) is 7.84. The molecule has 58 valence electrons. The minimum atomic E-state index is 0.241. The lowest BCUT2D eigenvalue weighted by molar-refractivity contribution is -0.108. The van der Waals surface area contributed by atoms with Gasteiger partial charge in [-0.2, -0.15) is 0 Å². The highest BCUT2D eigenvalue weighted by atomic mass is 16.1. The average molecular weight is 150 g/mol. The lowest BCUT2D eigenvalue weighted by atomic mass is 10.3. The van der Waals surface area contributed by atoms with Gasteiger partial charge >= 0.3 is 0 Å². The third-order valence-electron chi connectivity index (χ3n) is 2.12. The van der Waals surface area contributed by atoms with Crippen molar-refractivity contribution < 1.29 is 4.79 Å². The highest BCUT2D eigenvalue weighted by molar-refractivity contribution is 5.60. The Bertz CT molecular complexity index is 279. The fourth-order valence-electron chi connectivity index (χ4n) is 1.33. The lowest BCUT2D eigenvalue weighted by Crippen LogP contribution is -1.84. The van der Waals surface area contributed by atoms with Gasteiger partial charge in [0.05, 0.1) is 12.0 Å². The largest absolute Gasteiger partial charge is 0.340 e. The first-order chi connectivity index (χ1) is 5.31. The summed E-state index contributed by atoms with van der Waals surface area (Å²) in [4.78, 5) is 14.5. The van der Waals surface area contributed by atoms with Crippen LogP contribution < -0.4 is 0 Å². The summed E-state index contributed by atoms with van der Waals surface area (Å²) in [6.07, 6.45) is 5.77. The number of carbonyl (C=O) groups is 1. The minimum Gasteiger partial charge on any atom is -0.340 e. The van der Waals surface area contributed by atoms with E-state index in [-0.39, 0.29) is 5.92 Å². The normalized spacial score (nSPS) is 28.5. The van der Waals surface area contributed by atoms with Crippen molar-refractivity contribution in [3.05, 3.63) is 18.2 Å². The summed E-state index contributed by atoms with van der Waals surface area (Å²) in [6.45, 7) is 0. The van der Waals surface area contributed by atoms with Crippen LogP contribution in [0.5, 0.6) is 0 Å². The fourth-order valence-corrected chi connectivity index (χ4v) is 1.33. The number of aryl methyl sites for hydroxylation is 1. The Labute approximate surface area is 65.1 Å². The summed E-state index contributed by atoms with van der Waals surface area (Å²) in [6, 6.07) is 0. The number of carbonyl (C=O) groups excluding carboxylic acids is 1. The maximum Gasteiger partial charge on any atom is 0.123 e. The third-order valence-corrected chi connectivity index (χ3v) is 2.12. The summed E-state index contributed by atoms with van der Waals surface area (Å²) >= 11 is 0. The zero-order valence-corrected chi connectivity index (χ0v) is 6.40. The van der Waals surface area contributed by atoms with Crippen LogP contribution in [0.4, 0.5) is 0 Å². The molecule has 1 fully saturated rings. The lowest BCUT2D eigenvalue weighted by Gasteiger charge is -1.86. The molecule has 1 aliphatic rings. The third kappa shape index (κ3) is 1.06. The van der Waals surface area contributed by atoms with Gasteiger partial charge in [-0.05, 0) is 6.42 Å². The second-order valence-electron chi connectivity index (χ2n) is 3.11. The molecular formula is C8H10N2O. The van der Waals surface area contributed by atoms with E-state index in [2.05, 4.69) is 4.98 Å². The van der Waals surface area contributed by atoms with Gasteiger partial charge in [-0.25, -0.2) is 4.98 Å². The molecule has 3 nitrogen and oxygen atoms in total. The van der Waals surface area contributed by atoms with Gasteiger partial charge in [0.15, 0.2) is 0 Å². The summed E-state index contributed by atoms with van der Waals surface area (Å²) in [5, 5.41) is 0. The van der Waals surface area contributed by atoms with Gasteiger partial charge in [-0.1, -0.05) is 0 Å². The van der Waals surface area contributed by atoms with Crippen LogP contribution in [0, 0.1) is 5.92 Å². The number of imidazole rings is 1. The standard InChI is InChI=1S/C8H10N2O/c1-10-3-8(9-5-10)7-2-6(7)4-11/h3-7H,2H2,1H3. The second kappa shape index (κ2) is 2.19. The highest BCUT2D eigenvalue weighted by Gasteiger charge is 2.39. The van der Waals surface area contributed by atoms with Crippen LogP contribution in [-0.2, 0) is 11.8 Å². The van der Waals surface area contributed by atoms with Crippen molar-refractivity contribution in [1.29, 1.82) is 0 Å². The van der Waals surface area contributed by atoms with Gasteiger partial charge in [0.2, 0.25) is 0 Å². The van der Waals surface area contributed by atoms with Crippen LogP contribution >= 0.6 is 0 Å². The molecule has 1 aliphatic carbocycles. The summed E-state index contributed by atoms with van der Waals surface area (Å²) in [5.74, 6) is 0.651. The predicted octanol–water partition coefficient (Wildman–Crippen LogP) is 0.722. The van der Waals surface area contributed by atoms with E-state index in [1.165, 1.54) is 0 Å². The van der Waals surface area contributed by atoms with Crippen LogP contribution in [0.1, 0.15) is 18.0 Å². The molecule has 1 aromatic heterocycles. The fraction of sp³-hybridized carbons (Fsp3) is 0.500. The van der Waals surface area contributed by atoms with E-state index in [1.54, 1.807) is 6.33 Å². The zero-order valence-electron chi connectivity index (χ0n) is 6.40. The number of aldehydes is 1. The molecule has 3 heteroatoms. The van der Waals surface area contributed by atoms with Crippen molar-refractivity contribution >= 4 is 6.29 Å². The van der Waals surface area contributed by atoms with Crippen molar-refractivity contribution in [3.8, 4) is 0 Å². The Hall–Kier alpha value is -1.12. The highest BCUT2D eigenvalue weighted by Crippen LogP contribution is 2.44. The van der Waals surface area contributed by atoms with E-state index in [4.69, 9.17) is 0 Å². The Morgan fingerprint density at radius 2 is 2.64 bits per heavy atom. The Morgan fingerprint density at radius 3 is 3.09 bits per heavy atom. The number of aromatic nitrogens is 2. The molecule has 0 bridgehead atoms. The van der Waals surface area contributed by atoms with E-state index in [0.717, 1.165) is 18.4 Å². The molecular weight excluding hydrogens is 140 g/mol. The smallest absolute Gasteiger partial charge is 0.123 e. The van der Waals surface area contributed by atoms with Gasteiger partial charge in [0.1, 0.15) is 6.29 Å².